The zero-order valence-corrected chi connectivity index (χ0v) is 17.2. The lowest BCUT2D eigenvalue weighted by Gasteiger charge is -2.09. The van der Waals surface area contributed by atoms with Crippen molar-refractivity contribution in [2.24, 2.45) is 7.05 Å². The summed E-state index contributed by atoms with van der Waals surface area (Å²) in [4.78, 5) is 17.1. The SMILES string of the molecule is CCCCCc1cn(C)c(=O)n1Cc1ccc(-c2ncccc2-c2nnn[nH]2)cc1. The van der Waals surface area contributed by atoms with E-state index in [-0.39, 0.29) is 5.69 Å². The van der Waals surface area contributed by atoms with Crippen LogP contribution in [0.4, 0.5) is 0 Å². The van der Waals surface area contributed by atoms with Crippen LogP contribution >= 0.6 is 0 Å². The molecule has 0 bridgehead atoms. The Balaban J connectivity index is 1.59. The van der Waals surface area contributed by atoms with Gasteiger partial charge in [0.05, 0.1) is 12.2 Å². The largest absolute Gasteiger partial charge is 0.328 e. The van der Waals surface area contributed by atoms with Crippen LogP contribution < -0.4 is 5.69 Å². The van der Waals surface area contributed by atoms with Crippen LogP contribution in [0.25, 0.3) is 22.6 Å². The highest BCUT2D eigenvalue weighted by molar-refractivity contribution is 5.76. The van der Waals surface area contributed by atoms with Crippen molar-refractivity contribution in [3.63, 3.8) is 0 Å². The maximum atomic E-state index is 12.6. The molecule has 0 aliphatic rings. The van der Waals surface area contributed by atoms with Crippen LogP contribution in [0.15, 0.2) is 53.6 Å². The number of rotatable bonds is 8. The highest BCUT2D eigenvalue weighted by Crippen LogP contribution is 2.27. The topological polar surface area (TPSA) is 94.3 Å². The maximum absolute atomic E-state index is 12.6. The molecule has 0 radical (unpaired) electrons. The Morgan fingerprint density at radius 1 is 1.10 bits per heavy atom. The molecule has 1 aromatic carbocycles. The number of benzene rings is 1. The van der Waals surface area contributed by atoms with Gasteiger partial charge in [0.25, 0.3) is 0 Å². The summed E-state index contributed by atoms with van der Waals surface area (Å²) in [5.41, 5.74) is 4.80. The minimum Gasteiger partial charge on any atom is -0.302 e. The number of aromatic amines is 1. The molecule has 0 fully saturated rings. The van der Waals surface area contributed by atoms with Gasteiger partial charge in [-0.3, -0.25) is 9.55 Å². The molecule has 0 aliphatic carbocycles. The molecule has 4 aromatic rings. The van der Waals surface area contributed by atoms with Crippen LogP contribution in [0.3, 0.4) is 0 Å². The molecule has 0 spiro atoms. The fourth-order valence-corrected chi connectivity index (χ4v) is 3.64. The molecular formula is C22H25N7O. The van der Waals surface area contributed by atoms with Gasteiger partial charge < -0.3 is 4.57 Å². The molecule has 1 N–H and O–H groups in total. The van der Waals surface area contributed by atoms with E-state index in [4.69, 9.17) is 0 Å². The third kappa shape index (κ3) is 4.07. The summed E-state index contributed by atoms with van der Waals surface area (Å²) < 4.78 is 3.54. The number of unbranched alkanes of at least 4 members (excludes halogenated alkanes) is 2. The lowest BCUT2D eigenvalue weighted by molar-refractivity contribution is 0.649. The van der Waals surface area contributed by atoms with Crippen LogP contribution in [-0.4, -0.2) is 34.7 Å². The second-order valence-electron chi connectivity index (χ2n) is 7.40. The van der Waals surface area contributed by atoms with Gasteiger partial charge in [0.1, 0.15) is 0 Å². The van der Waals surface area contributed by atoms with E-state index in [1.54, 1.807) is 10.8 Å². The fourth-order valence-electron chi connectivity index (χ4n) is 3.64. The highest BCUT2D eigenvalue weighted by atomic mass is 16.1. The summed E-state index contributed by atoms with van der Waals surface area (Å²) in [6, 6.07) is 11.9. The third-order valence-corrected chi connectivity index (χ3v) is 5.23. The quantitative estimate of drug-likeness (QED) is 0.456. The third-order valence-electron chi connectivity index (χ3n) is 5.23. The predicted octanol–water partition coefficient (Wildman–Crippen LogP) is 3.21. The van der Waals surface area contributed by atoms with E-state index in [1.165, 1.54) is 6.42 Å². The average molecular weight is 403 g/mol. The number of pyridine rings is 1. The van der Waals surface area contributed by atoms with E-state index in [9.17, 15) is 4.79 Å². The molecule has 0 amide bonds. The van der Waals surface area contributed by atoms with Gasteiger partial charge in [0.15, 0.2) is 5.82 Å². The Kier molecular flexibility index (Phi) is 5.83. The van der Waals surface area contributed by atoms with E-state index in [0.29, 0.717) is 12.4 Å². The van der Waals surface area contributed by atoms with Crippen LogP contribution in [0.5, 0.6) is 0 Å². The van der Waals surface area contributed by atoms with Gasteiger partial charge >= 0.3 is 5.69 Å². The van der Waals surface area contributed by atoms with Crippen LogP contribution in [0, 0.1) is 0 Å². The monoisotopic (exact) mass is 403 g/mol. The molecule has 0 unspecified atom stereocenters. The molecular weight excluding hydrogens is 378 g/mol. The average Bonchev–Trinajstić information content (AvgIpc) is 3.39. The first-order chi connectivity index (χ1) is 14.7. The van der Waals surface area contributed by atoms with Gasteiger partial charge in [0.2, 0.25) is 0 Å². The van der Waals surface area contributed by atoms with Crippen molar-refractivity contribution in [1.29, 1.82) is 0 Å². The summed E-state index contributed by atoms with van der Waals surface area (Å²) >= 11 is 0. The first-order valence-electron chi connectivity index (χ1n) is 10.2. The Morgan fingerprint density at radius 2 is 1.93 bits per heavy atom. The number of nitrogens with zero attached hydrogens (tertiary/aromatic N) is 6. The van der Waals surface area contributed by atoms with Gasteiger partial charge in [-0.1, -0.05) is 44.0 Å². The Morgan fingerprint density at radius 3 is 2.67 bits per heavy atom. The van der Waals surface area contributed by atoms with Gasteiger partial charge in [0, 0.05) is 36.3 Å². The molecule has 0 saturated heterocycles. The van der Waals surface area contributed by atoms with Gasteiger partial charge in [-0.15, -0.1) is 5.10 Å². The Bertz CT molecular complexity index is 1160. The first-order valence-corrected chi connectivity index (χ1v) is 10.2. The smallest absolute Gasteiger partial charge is 0.302 e. The Labute approximate surface area is 174 Å². The standard InChI is InChI=1S/C22H25N7O/c1-3-4-5-7-18-15-28(2)22(30)29(18)14-16-9-11-17(12-10-16)20-19(8-6-13-23-20)21-24-26-27-25-21/h6,8-13,15H,3-5,7,14H2,1-2H3,(H,24,25,26,27). The summed E-state index contributed by atoms with van der Waals surface area (Å²) in [7, 11) is 1.81. The molecule has 3 heterocycles. The summed E-state index contributed by atoms with van der Waals surface area (Å²) in [6.07, 6.45) is 8.06. The molecule has 0 saturated carbocycles. The van der Waals surface area contributed by atoms with Crippen LogP contribution in [0.2, 0.25) is 0 Å². The normalized spacial score (nSPS) is 11.1. The number of nitrogens with one attached hydrogen (secondary N) is 1. The van der Waals surface area contributed by atoms with Gasteiger partial charge in [-0.05, 0) is 41.0 Å². The summed E-state index contributed by atoms with van der Waals surface area (Å²) in [6.45, 7) is 2.74. The fraction of sp³-hybridized carbons (Fsp3) is 0.318. The van der Waals surface area contributed by atoms with Gasteiger partial charge in [-0.2, -0.15) is 0 Å². The first kappa shape index (κ1) is 19.8. The number of aryl methyl sites for hydroxylation is 2. The van der Waals surface area contributed by atoms with Crippen molar-refractivity contribution in [2.75, 3.05) is 0 Å². The summed E-state index contributed by atoms with van der Waals surface area (Å²) in [5.74, 6) is 0.578. The van der Waals surface area contributed by atoms with Crippen molar-refractivity contribution >= 4 is 0 Å². The zero-order chi connectivity index (χ0) is 20.9. The second-order valence-corrected chi connectivity index (χ2v) is 7.40. The molecule has 8 nitrogen and oxygen atoms in total. The van der Waals surface area contributed by atoms with E-state index >= 15 is 0 Å². The maximum Gasteiger partial charge on any atom is 0.328 e. The molecule has 4 rings (SSSR count). The van der Waals surface area contributed by atoms with Crippen molar-refractivity contribution in [3.05, 3.63) is 70.5 Å². The zero-order valence-electron chi connectivity index (χ0n) is 17.2. The van der Waals surface area contributed by atoms with Crippen molar-refractivity contribution in [3.8, 4) is 22.6 Å². The summed E-state index contributed by atoms with van der Waals surface area (Å²) in [5, 5.41) is 14.1. The predicted molar refractivity (Wildman–Crippen MR) is 115 cm³/mol. The van der Waals surface area contributed by atoms with E-state index < -0.39 is 0 Å². The van der Waals surface area contributed by atoms with E-state index in [1.807, 2.05) is 54.2 Å². The lowest BCUT2D eigenvalue weighted by atomic mass is 10.0. The number of hydrogen-bond donors (Lipinski definition) is 1. The number of tetrazole rings is 1. The highest BCUT2D eigenvalue weighted by Gasteiger charge is 2.13. The molecule has 0 atom stereocenters. The minimum absolute atomic E-state index is 0.0235. The molecule has 30 heavy (non-hydrogen) atoms. The number of H-pyrrole nitrogens is 1. The molecule has 0 aliphatic heterocycles. The van der Waals surface area contributed by atoms with Crippen LogP contribution in [-0.2, 0) is 20.0 Å². The minimum atomic E-state index is 0.0235. The number of imidazole rings is 1. The molecule has 8 heteroatoms. The van der Waals surface area contributed by atoms with E-state index in [0.717, 1.165) is 47.3 Å². The molecule has 154 valence electrons. The lowest BCUT2D eigenvalue weighted by Crippen LogP contribution is -2.23. The number of hydrogen-bond acceptors (Lipinski definition) is 5. The van der Waals surface area contributed by atoms with Crippen LogP contribution in [0.1, 0.15) is 37.4 Å². The van der Waals surface area contributed by atoms with Crippen molar-refractivity contribution < 1.29 is 0 Å². The van der Waals surface area contributed by atoms with Gasteiger partial charge in [-0.25, -0.2) is 9.89 Å². The number of aromatic nitrogens is 7. The second kappa shape index (κ2) is 8.86. The van der Waals surface area contributed by atoms with E-state index in [2.05, 4.69) is 32.5 Å². The Hall–Kier alpha value is -3.55. The van der Waals surface area contributed by atoms with Crippen molar-refractivity contribution in [1.82, 2.24) is 34.7 Å². The molecule has 3 aromatic heterocycles. The van der Waals surface area contributed by atoms with Crippen molar-refractivity contribution in [2.45, 2.75) is 39.2 Å².